The van der Waals surface area contributed by atoms with Crippen molar-refractivity contribution < 1.29 is 19.4 Å². The van der Waals surface area contributed by atoms with Gasteiger partial charge in [-0.15, -0.1) is 0 Å². The molecule has 3 atom stereocenters. The summed E-state index contributed by atoms with van der Waals surface area (Å²) >= 11 is 0. The molecule has 1 aliphatic heterocycles. The Balaban J connectivity index is 1.47. The average Bonchev–Trinajstić information content (AvgIpc) is 3.35. The third-order valence-corrected chi connectivity index (χ3v) is 6.63. The number of carbonyl (C=O) groups excluding carboxylic acids is 1. The van der Waals surface area contributed by atoms with Crippen molar-refractivity contribution in [1.29, 1.82) is 0 Å². The van der Waals surface area contributed by atoms with E-state index in [9.17, 15) is 9.90 Å². The molecule has 3 unspecified atom stereocenters. The summed E-state index contributed by atoms with van der Waals surface area (Å²) in [4.78, 5) is 13.3. The van der Waals surface area contributed by atoms with Crippen LogP contribution in [-0.4, -0.2) is 24.7 Å². The maximum Gasteiger partial charge on any atom is 0.257 e. The van der Waals surface area contributed by atoms with Crippen molar-refractivity contribution in [1.82, 2.24) is 0 Å². The van der Waals surface area contributed by atoms with Crippen molar-refractivity contribution in [3.8, 4) is 17.2 Å². The van der Waals surface area contributed by atoms with Crippen LogP contribution < -0.4 is 20.1 Å². The molecule has 1 aliphatic carbocycles. The summed E-state index contributed by atoms with van der Waals surface area (Å²) in [5, 5.41) is 17.0. The predicted octanol–water partition coefficient (Wildman–Crippen LogP) is 5.88. The second kappa shape index (κ2) is 9.14. The van der Waals surface area contributed by atoms with Gasteiger partial charge < -0.3 is 25.2 Å². The quantitative estimate of drug-likeness (QED) is 0.404. The van der Waals surface area contributed by atoms with Crippen LogP contribution in [0, 0.1) is 5.92 Å². The van der Waals surface area contributed by atoms with E-state index in [1.807, 2.05) is 49.4 Å². The summed E-state index contributed by atoms with van der Waals surface area (Å²) in [5.74, 6) is 1.63. The van der Waals surface area contributed by atoms with E-state index < -0.39 is 0 Å². The summed E-state index contributed by atoms with van der Waals surface area (Å²) in [6.07, 6.45) is 5.36. The van der Waals surface area contributed by atoms with E-state index in [1.54, 1.807) is 12.1 Å². The fourth-order valence-corrected chi connectivity index (χ4v) is 5.04. The summed E-state index contributed by atoms with van der Waals surface area (Å²) in [6, 6.07) is 18.7. The van der Waals surface area contributed by atoms with Crippen LogP contribution in [0.25, 0.3) is 0 Å². The Bertz CT molecular complexity index is 1240. The van der Waals surface area contributed by atoms with Gasteiger partial charge in [0.1, 0.15) is 5.75 Å². The minimum absolute atomic E-state index is 0.0521. The Labute approximate surface area is 199 Å². The lowest BCUT2D eigenvalue weighted by Crippen LogP contribution is -2.30. The molecule has 0 bridgehead atoms. The normalized spacial score (nSPS) is 20.1. The van der Waals surface area contributed by atoms with Crippen LogP contribution in [0.15, 0.2) is 72.8 Å². The summed E-state index contributed by atoms with van der Waals surface area (Å²) in [7, 11) is 1.54. The molecule has 3 N–H and O–H groups in total. The monoisotopic (exact) mass is 456 g/mol. The molecule has 0 fully saturated rings. The van der Waals surface area contributed by atoms with Gasteiger partial charge in [0, 0.05) is 11.6 Å². The largest absolute Gasteiger partial charge is 0.504 e. The number of hydrogen-bond acceptors (Lipinski definition) is 5. The Morgan fingerprint density at radius 3 is 2.71 bits per heavy atom. The van der Waals surface area contributed by atoms with Crippen molar-refractivity contribution in [2.45, 2.75) is 25.3 Å². The van der Waals surface area contributed by atoms with Gasteiger partial charge >= 0.3 is 0 Å². The number of hydrogen-bond donors (Lipinski definition) is 3. The van der Waals surface area contributed by atoms with Crippen molar-refractivity contribution in [2.24, 2.45) is 5.92 Å². The second-order valence-corrected chi connectivity index (χ2v) is 8.59. The number of aromatic hydroxyl groups is 1. The van der Waals surface area contributed by atoms with Gasteiger partial charge in [-0.25, -0.2) is 0 Å². The molecule has 0 saturated carbocycles. The van der Waals surface area contributed by atoms with Gasteiger partial charge in [-0.05, 0) is 72.9 Å². The van der Waals surface area contributed by atoms with Gasteiger partial charge in [0.25, 0.3) is 5.91 Å². The molecule has 1 heterocycles. The number of nitrogens with one attached hydrogen (secondary N) is 2. The SMILES string of the molecule is CCOc1ccc(NC(=O)c2cccc3c2NC(c2ccc(OC)c(O)c2)C2CC=CC32)cc1. The van der Waals surface area contributed by atoms with E-state index in [4.69, 9.17) is 9.47 Å². The first-order valence-corrected chi connectivity index (χ1v) is 11.6. The maximum absolute atomic E-state index is 13.3. The maximum atomic E-state index is 13.3. The molecular weight excluding hydrogens is 428 g/mol. The molecule has 0 saturated heterocycles. The average molecular weight is 457 g/mol. The van der Waals surface area contributed by atoms with Crippen LogP contribution in [0.4, 0.5) is 11.4 Å². The van der Waals surface area contributed by atoms with Crippen LogP contribution >= 0.6 is 0 Å². The number of allylic oxidation sites excluding steroid dienone is 2. The summed E-state index contributed by atoms with van der Waals surface area (Å²) in [5.41, 5.74) is 4.21. The van der Waals surface area contributed by atoms with Gasteiger partial charge in [-0.1, -0.05) is 30.4 Å². The number of phenols is 1. The molecule has 3 aromatic rings. The van der Waals surface area contributed by atoms with E-state index in [0.29, 0.717) is 29.5 Å². The first kappa shape index (κ1) is 21.9. The Morgan fingerprint density at radius 1 is 1.15 bits per heavy atom. The van der Waals surface area contributed by atoms with Gasteiger partial charge in [0.2, 0.25) is 0 Å². The van der Waals surface area contributed by atoms with E-state index in [-0.39, 0.29) is 23.6 Å². The zero-order chi connectivity index (χ0) is 23.7. The zero-order valence-corrected chi connectivity index (χ0v) is 19.2. The number of para-hydroxylation sites is 1. The summed E-state index contributed by atoms with van der Waals surface area (Å²) < 4.78 is 10.7. The molecule has 6 nitrogen and oxygen atoms in total. The standard InChI is InChI=1S/C28H28N2O4/c1-3-34-19-13-11-18(12-14-19)29-28(32)23-9-5-8-22-20-6-4-7-21(20)26(30-27(22)23)17-10-15-25(33-2)24(31)16-17/h4-6,8-16,20-21,26,30-31H,3,7H2,1-2H3,(H,29,32). The highest BCUT2D eigenvalue weighted by Gasteiger charge is 2.39. The van der Waals surface area contributed by atoms with Gasteiger partial charge in [0.05, 0.1) is 31.0 Å². The van der Waals surface area contributed by atoms with E-state index in [1.165, 1.54) is 7.11 Å². The molecule has 34 heavy (non-hydrogen) atoms. The molecule has 0 aromatic heterocycles. The lowest BCUT2D eigenvalue weighted by molar-refractivity contribution is 0.102. The van der Waals surface area contributed by atoms with Crippen LogP contribution in [-0.2, 0) is 0 Å². The number of rotatable bonds is 6. The lowest BCUT2D eigenvalue weighted by Gasteiger charge is -2.38. The van der Waals surface area contributed by atoms with E-state index in [0.717, 1.165) is 29.0 Å². The number of benzene rings is 3. The lowest BCUT2D eigenvalue weighted by atomic mass is 9.76. The minimum atomic E-state index is -0.176. The highest BCUT2D eigenvalue weighted by molar-refractivity contribution is 6.08. The van der Waals surface area contributed by atoms with Crippen LogP contribution in [0.3, 0.4) is 0 Å². The first-order valence-electron chi connectivity index (χ1n) is 11.6. The van der Waals surface area contributed by atoms with Crippen molar-refractivity contribution in [3.63, 3.8) is 0 Å². The molecule has 0 spiro atoms. The Kier molecular flexibility index (Phi) is 5.88. The molecular formula is C28H28N2O4. The molecule has 3 aromatic carbocycles. The van der Waals surface area contributed by atoms with Crippen LogP contribution in [0.5, 0.6) is 17.2 Å². The number of fused-ring (bicyclic) bond motifs is 3. The number of amides is 1. The van der Waals surface area contributed by atoms with Crippen molar-refractivity contribution in [2.75, 3.05) is 24.4 Å². The molecule has 5 rings (SSSR count). The Morgan fingerprint density at radius 2 is 1.97 bits per heavy atom. The second-order valence-electron chi connectivity index (χ2n) is 8.59. The first-order chi connectivity index (χ1) is 16.6. The smallest absolute Gasteiger partial charge is 0.257 e. The molecule has 1 amide bonds. The summed E-state index contributed by atoms with van der Waals surface area (Å²) in [6.45, 7) is 2.53. The predicted molar refractivity (Wildman–Crippen MR) is 133 cm³/mol. The zero-order valence-electron chi connectivity index (χ0n) is 19.2. The number of anilines is 2. The highest BCUT2D eigenvalue weighted by Crippen LogP contribution is 2.51. The Hall–Kier alpha value is -3.93. The van der Waals surface area contributed by atoms with Gasteiger partial charge in [0.15, 0.2) is 11.5 Å². The molecule has 6 heteroatoms. The van der Waals surface area contributed by atoms with Crippen molar-refractivity contribution >= 4 is 17.3 Å². The van der Waals surface area contributed by atoms with Gasteiger partial charge in [-0.3, -0.25) is 4.79 Å². The molecule has 2 aliphatic rings. The van der Waals surface area contributed by atoms with Crippen molar-refractivity contribution in [3.05, 3.63) is 89.5 Å². The van der Waals surface area contributed by atoms with Crippen LogP contribution in [0.1, 0.15) is 46.8 Å². The number of methoxy groups -OCH3 is 1. The fraction of sp³-hybridized carbons (Fsp3) is 0.250. The fourth-order valence-electron chi connectivity index (χ4n) is 5.04. The topological polar surface area (TPSA) is 79.8 Å². The third kappa shape index (κ3) is 3.96. The molecule has 174 valence electrons. The van der Waals surface area contributed by atoms with E-state index in [2.05, 4.69) is 28.9 Å². The third-order valence-electron chi connectivity index (χ3n) is 6.63. The number of carbonyl (C=O) groups is 1. The van der Waals surface area contributed by atoms with Crippen LogP contribution in [0.2, 0.25) is 0 Å². The minimum Gasteiger partial charge on any atom is -0.504 e. The number of ether oxygens (including phenoxy) is 2. The number of phenolic OH excluding ortho intramolecular Hbond substituents is 1. The molecule has 0 radical (unpaired) electrons. The van der Waals surface area contributed by atoms with Gasteiger partial charge in [-0.2, -0.15) is 0 Å². The highest BCUT2D eigenvalue weighted by atomic mass is 16.5. The van der Waals surface area contributed by atoms with E-state index >= 15 is 0 Å².